The van der Waals surface area contributed by atoms with E-state index in [1.165, 1.54) is 0 Å². The van der Waals surface area contributed by atoms with Crippen molar-refractivity contribution < 1.29 is 9.15 Å². The molecule has 0 N–H and O–H groups in total. The zero-order valence-electron chi connectivity index (χ0n) is 7.65. The zero-order chi connectivity index (χ0) is 9.97. The Morgan fingerprint density at radius 3 is 3.14 bits per heavy atom. The van der Waals surface area contributed by atoms with Crippen molar-refractivity contribution in [3.8, 4) is 11.8 Å². The van der Waals surface area contributed by atoms with Gasteiger partial charge in [-0.15, -0.1) is 0 Å². The van der Waals surface area contributed by atoms with Crippen LogP contribution in [-0.2, 0) is 6.42 Å². The standard InChI is InChI=1S/C10H8N2O2/c1-13-7-2-3-9-8(6-7)12-10(14-9)4-5-11/h2-3,6H,4H2,1H3. The Balaban J connectivity index is 2.50. The lowest BCUT2D eigenvalue weighted by Gasteiger charge is -1.95. The highest BCUT2D eigenvalue weighted by molar-refractivity contribution is 5.74. The zero-order valence-corrected chi connectivity index (χ0v) is 7.65. The van der Waals surface area contributed by atoms with Gasteiger partial charge in [0.25, 0.3) is 0 Å². The molecule has 1 aromatic heterocycles. The molecule has 0 saturated carbocycles. The molecule has 0 aliphatic rings. The molecule has 0 bridgehead atoms. The van der Waals surface area contributed by atoms with Gasteiger partial charge in [0.2, 0.25) is 5.89 Å². The number of oxazole rings is 1. The second-order valence-electron chi connectivity index (χ2n) is 2.78. The van der Waals surface area contributed by atoms with Crippen LogP contribution in [0.1, 0.15) is 5.89 Å². The van der Waals surface area contributed by atoms with Crippen LogP contribution < -0.4 is 4.74 Å². The van der Waals surface area contributed by atoms with E-state index >= 15 is 0 Å². The first-order valence-electron chi connectivity index (χ1n) is 4.14. The van der Waals surface area contributed by atoms with Crippen molar-refractivity contribution in [3.63, 3.8) is 0 Å². The van der Waals surface area contributed by atoms with E-state index in [2.05, 4.69) is 4.98 Å². The molecule has 0 atom stereocenters. The maximum absolute atomic E-state index is 8.47. The SMILES string of the molecule is COc1ccc2oc(CC#N)nc2c1. The van der Waals surface area contributed by atoms with Crippen molar-refractivity contribution in [3.05, 3.63) is 24.1 Å². The molecule has 0 saturated heterocycles. The Bertz CT molecular complexity index is 496. The van der Waals surface area contributed by atoms with Gasteiger partial charge in [-0.3, -0.25) is 0 Å². The summed E-state index contributed by atoms with van der Waals surface area (Å²) < 4.78 is 10.4. The van der Waals surface area contributed by atoms with Gasteiger partial charge in [0.05, 0.1) is 13.2 Å². The van der Waals surface area contributed by atoms with Crippen LogP contribution in [0.25, 0.3) is 11.1 Å². The molecular weight excluding hydrogens is 180 g/mol. The molecule has 0 amide bonds. The molecule has 2 aromatic rings. The van der Waals surface area contributed by atoms with Crippen molar-refractivity contribution in [1.82, 2.24) is 4.98 Å². The summed E-state index contributed by atoms with van der Waals surface area (Å²) in [5.41, 5.74) is 1.39. The molecule has 1 heterocycles. The van der Waals surface area contributed by atoms with Crippen LogP contribution >= 0.6 is 0 Å². The number of hydrogen-bond acceptors (Lipinski definition) is 4. The highest BCUT2D eigenvalue weighted by atomic mass is 16.5. The van der Waals surface area contributed by atoms with Gasteiger partial charge in [-0.1, -0.05) is 0 Å². The highest BCUT2D eigenvalue weighted by Crippen LogP contribution is 2.21. The van der Waals surface area contributed by atoms with Gasteiger partial charge in [0, 0.05) is 6.07 Å². The molecule has 2 rings (SSSR count). The molecule has 0 aliphatic carbocycles. The van der Waals surface area contributed by atoms with Crippen LogP contribution in [0.5, 0.6) is 5.75 Å². The molecule has 0 spiro atoms. The number of benzene rings is 1. The molecule has 0 radical (unpaired) electrons. The van der Waals surface area contributed by atoms with Crippen molar-refractivity contribution >= 4 is 11.1 Å². The Hall–Kier alpha value is -2.02. The smallest absolute Gasteiger partial charge is 0.209 e. The Labute approximate surface area is 80.7 Å². The molecule has 0 fully saturated rings. The molecule has 14 heavy (non-hydrogen) atoms. The number of rotatable bonds is 2. The van der Waals surface area contributed by atoms with Gasteiger partial charge >= 0.3 is 0 Å². The minimum atomic E-state index is 0.191. The van der Waals surface area contributed by atoms with Crippen molar-refractivity contribution in [2.45, 2.75) is 6.42 Å². The van der Waals surface area contributed by atoms with E-state index in [0.29, 0.717) is 11.5 Å². The average molecular weight is 188 g/mol. The minimum absolute atomic E-state index is 0.191. The second kappa shape index (κ2) is 3.38. The molecular formula is C10H8N2O2. The molecule has 4 nitrogen and oxygen atoms in total. The number of ether oxygens (including phenoxy) is 1. The van der Waals surface area contributed by atoms with Gasteiger partial charge in [0.15, 0.2) is 5.58 Å². The number of nitriles is 1. The van der Waals surface area contributed by atoms with E-state index in [1.807, 2.05) is 6.07 Å². The summed E-state index contributed by atoms with van der Waals surface area (Å²) in [6.45, 7) is 0. The summed E-state index contributed by atoms with van der Waals surface area (Å²) in [6.07, 6.45) is 0.191. The van der Waals surface area contributed by atoms with Crippen molar-refractivity contribution in [2.75, 3.05) is 7.11 Å². The lowest BCUT2D eigenvalue weighted by atomic mass is 10.3. The third-order valence-corrected chi connectivity index (χ3v) is 1.87. The third kappa shape index (κ3) is 1.40. The maximum atomic E-state index is 8.47. The first-order valence-corrected chi connectivity index (χ1v) is 4.14. The van der Waals surface area contributed by atoms with Crippen molar-refractivity contribution in [1.29, 1.82) is 5.26 Å². The second-order valence-corrected chi connectivity index (χ2v) is 2.78. The molecule has 70 valence electrons. The van der Waals surface area contributed by atoms with E-state index in [-0.39, 0.29) is 6.42 Å². The fourth-order valence-corrected chi connectivity index (χ4v) is 1.23. The van der Waals surface area contributed by atoms with Gasteiger partial charge < -0.3 is 9.15 Å². The largest absolute Gasteiger partial charge is 0.497 e. The number of hydrogen-bond donors (Lipinski definition) is 0. The van der Waals surface area contributed by atoms with E-state index < -0.39 is 0 Å². The minimum Gasteiger partial charge on any atom is -0.497 e. The molecule has 0 unspecified atom stereocenters. The van der Waals surface area contributed by atoms with Crippen LogP contribution in [-0.4, -0.2) is 12.1 Å². The topological polar surface area (TPSA) is 59.0 Å². The molecule has 4 heteroatoms. The van der Waals surface area contributed by atoms with E-state index in [0.717, 1.165) is 11.3 Å². The van der Waals surface area contributed by atoms with Gasteiger partial charge in [-0.05, 0) is 12.1 Å². The Morgan fingerprint density at radius 1 is 1.57 bits per heavy atom. The van der Waals surface area contributed by atoms with Gasteiger partial charge in [-0.25, -0.2) is 4.98 Å². The van der Waals surface area contributed by atoms with Crippen LogP contribution in [0.15, 0.2) is 22.6 Å². The van der Waals surface area contributed by atoms with Crippen LogP contribution in [0.3, 0.4) is 0 Å². The summed E-state index contributed by atoms with van der Waals surface area (Å²) in [5.74, 6) is 1.17. The van der Waals surface area contributed by atoms with Gasteiger partial charge in [0.1, 0.15) is 17.7 Å². The predicted octanol–water partition coefficient (Wildman–Crippen LogP) is 1.90. The van der Waals surface area contributed by atoms with Crippen LogP contribution in [0, 0.1) is 11.3 Å². The first-order chi connectivity index (χ1) is 6.83. The number of nitrogens with zero attached hydrogens (tertiary/aromatic N) is 2. The summed E-state index contributed by atoms with van der Waals surface area (Å²) in [4.78, 5) is 4.14. The van der Waals surface area contributed by atoms with E-state index in [4.69, 9.17) is 14.4 Å². The summed E-state index contributed by atoms with van der Waals surface area (Å²) in [7, 11) is 1.59. The van der Waals surface area contributed by atoms with E-state index in [1.54, 1.807) is 25.3 Å². The predicted molar refractivity (Wildman–Crippen MR) is 49.9 cm³/mol. The summed E-state index contributed by atoms with van der Waals surface area (Å²) >= 11 is 0. The lowest BCUT2D eigenvalue weighted by Crippen LogP contribution is -1.81. The molecule has 0 aliphatic heterocycles. The van der Waals surface area contributed by atoms with Gasteiger partial charge in [-0.2, -0.15) is 5.26 Å². The summed E-state index contributed by atoms with van der Waals surface area (Å²) in [6, 6.07) is 7.34. The Kier molecular flexibility index (Phi) is 2.07. The van der Waals surface area contributed by atoms with Crippen LogP contribution in [0.4, 0.5) is 0 Å². The number of methoxy groups -OCH3 is 1. The summed E-state index contributed by atoms with van der Waals surface area (Å²) in [5, 5.41) is 8.47. The fraction of sp³-hybridized carbons (Fsp3) is 0.200. The monoisotopic (exact) mass is 188 g/mol. The van der Waals surface area contributed by atoms with E-state index in [9.17, 15) is 0 Å². The van der Waals surface area contributed by atoms with Crippen LogP contribution in [0.2, 0.25) is 0 Å². The number of aromatic nitrogens is 1. The van der Waals surface area contributed by atoms with Crippen molar-refractivity contribution in [2.24, 2.45) is 0 Å². The normalized spacial score (nSPS) is 10.0. The highest BCUT2D eigenvalue weighted by Gasteiger charge is 2.05. The quantitative estimate of drug-likeness (QED) is 0.722. The molecule has 1 aromatic carbocycles. The number of fused-ring (bicyclic) bond motifs is 1. The average Bonchev–Trinajstić information content (AvgIpc) is 2.59. The first kappa shape index (κ1) is 8.57. The lowest BCUT2D eigenvalue weighted by molar-refractivity contribution is 0.415. The third-order valence-electron chi connectivity index (χ3n) is 1.87. The Morgan fingerprint density at radius 2 is 2.43 bits per heavy atom. The maximum Gasteiger partial charge on any atom is 0.209 e. The fourth-order valence-electron chi connectivity index (χ4n) is 1.23.